The number of nitro groups is 1. The van der Waals surface area contributed by atoms with Crippen molar-refractivity contribution in [2.24, 2.45) is 34.5 Å². The summed E-state index contributed by atoms with van der Waals surface area (Å²) in [6, 6.07) is 5.74. The van der Waals surface area contributed by atoms with Crippen LogP contribution in [0.1, 0.15) is 117 Å². The fraction of sp³-hybridized carbons (Fsp3) is 0.735. The molecule has 0 bridgehead atoms. The van der Waals surface area contributed by atoms with Gasteiger partial charge in [-0.1, -0.05) is 70.9 Å². The van der Waals surface area contributed by atoms with E-state index in [4.69, 9.17) is 4.74 Å². The number of fused-ring (bicyclic) bond motifs is 5. The van der Waals surface area contributed by atoms with Crippen LogP contribution in [-0.2, 0) is 0 Å². The van der Waals surface area contributed by atoms with E-state index in [1.807, 2.05) is 0 Å². The van der Waals surface area contributed by atoms with Crippen molar-refractivity contribution in [2.75, 3.05) is 0 Å². The molecular formula is C34H49NO4S. The maximum absolute atomic E-state index is 12.7. The van der Waals surface area contributed by atoms with Crippen molar-refractivity contribution in [2.45, 2.75) is 122 Å². The highest BCUT2D eigenvalue weighted by Gasteiger charge is 2.58. The van der Waals surface area contributed by atoms with E-state index in [0.29, 0.717) is 11.2 Å². The van der Waals surface area contributed by atoms with Crippen LogP contribution in [0.15, 0.2) is 35.9 Å². The molecule has 0 aromatic heterocycles. The monoisotopic (exact) mass is 567 g/mol. The second-order valence-corrected chi connectivity index (χ2v) is 15.0. The Bertz CT molecular complexity index is 1090. The summed E-state index contributed by atoms with van der Waals surface area (Å²) in [5, 5.41) is 10.8. The minimum absolute atomic E-state index is 0.00415. The Morgan fingerprint density at radius 1 is 1.00 bits per heavy atom. The van der Waals surface area contributed by atoms with Gasteiger partial charge in [-0.2, -0.15) is 0 Å². The minimum Gasteiger partial charge on any atom is -0.418 e. The Hall–Kier alpha value is -1.82. The van der Waals surface area contributed by atoms with Crippen molar-refractivity contribution in [1.82, 2.24) is 0 Å². The van der Waals surface area contributed by atoms with E-state index in [1.165, 1.54) is 113 Å². The number of ether oxygens (including phenoxy) is 1. The first-order valence-corrected chi connectivity index (χ1v) is 16.9. The summed E-state index contributed by atoms with van der Waals surface area (Å²) in [6.45, 7) is 7.50. The number of nitro benzene ring substituents is 1. The molecule has 0 N–H and O–H groups in total. The third kappa shape index (κ3) is 6.03. The Kier molecular flexibility index (Phi) is 9.34. The van der Waals surface area contributed by atoms with Gasteiger partial charge in [-0.25, -0.2) is 4.79 Å². The third-order valence-electron chi connectivity index (χ3n) is 11.7. The van der Waals surface area contributed by atoms with E-state index in [2.05, 4.69) is 26.8 Å². The molecule has 4 aliphatic rings. The van der Waals surface area contributed by atoms with Crippen LogP contribution in [0.25, 0.3) is 0 Å². The number of unbranched alkanes of at least 4 members (excludes halogenated alkanes) is 5. The highest BCUT2D eigenvalue weighted by atomic mass is 32.2. The number of carbonyl (C=O) groups excluding carboxylic acids is 1. The summed E-state index contributed by atoms with van der Waals surface area (Å²) in [5.41, 5.74) is 2.41. The Morgan fingerprint density at radius 3 is 2.50 bits per heavy atom. The lowest BCUT2D eigenvalue weighted by molar-refractivity contribution is -0.384. The van der Waals surface area contributed by atoms with Gasteiger partial charge in [-0.3, -0.25) is 10.1 Å². The molecule has 5 rings (SSSR count). The summed E-state index contributed by atoms with van der Waals surface area (Å²) >= 11 is 1.30. The predicted molar refractivity (Wildman–Crippen MR) is 164 cm³/mol. The first-order chi connectivity index (χ1) is 19.2. The molecule has 1 aromatic rings. The SMILES string of the molecule is CCCCCCCC[C@@H]1CC[C@@H]2[C@H]3CC=C4C[C@@H](SC(=O)Oc5ccc([N+](=O)[O-])cc5)CC[C@]4(C)[C@H]3CC[C@]12C. The van der Waals surface area contributed by atoms with Gasteiger partial charge in [0.05, 0.1) is 4.92 Å². The number of hydrogen-bond acceptors (Lipinski definition) is 5. The zero-order valence-corrected chi connectivity index (χ0v) is 25.7. The number of carbonyl (C=O) groups is 1. The first-order valence-electron chi connectivity index (χ1n) is 16.1. The Morgan fingerprint density at radius 2 is 1.75 bits per heavy atom. The lowest BCUT2D eigenvalue weighted by Gasteiger charge is -2.58. The molecule has 3 fully saturated rings. The summed E-state index contributed by atoms with van der Waals surface area (Å²) < 4.78 is 5.50. The molecule has 0 aliphatic heterocycles. The number of rotatable bonds is 10. The number of allylic oxidation sites excluding steroid dienone is 2. The van der Waals surface area contributed by atoms with Crippen LogP contribution in [-0.4, -0.2) is 15.5 Å². The van der Waals surface area contributed by atoms with Gasteiger partial charge in [0, 0.05) is 17.4 Å². The fourth-order valence-corrected chi connectivity index (χ4v) is 10.3. The second kappa shape index (κ2) is 12.6. The molecule has 0 saturated heterocycles. The van der Waals surface area contributed by atoms with Gasteiger partial charge in [0.1, 0.15) is 5.75 Å². The van der Waals surface area contributed by atoms with E-state index in [1.54, 1.807) is 5.57 Å². The van der Waals surface area contributed by atoms with Gasteiger partial charge < -0.3 is 4.74 Å². The Labute approximate surface area is 245 Å². The molecule has 40 heavy (non-hydrogen) atoms. The van der Waals surface area contributed by atoms with Crippen LogP contribution < -0.4 is 4.74 Å². The lowest BCUT2D eigenvalue weighted by atomic mass is 9.47. The first kappa shape index (κ1) is 29.7. The molecule has 0 amide bonds. The average Bonchev–Trinajstić information content (AvgIpc) is 3.27. The maximum Gasteiger partial charge on any atom is 0.372 e. The lowest BCUT2D eigenvalue weighted by Crippen LogP contribution is -2.50. The van der Waals surface area contributed by atoms with Gasteiger partial charge in [0.15, 0.2) is 0 Å². The number of benzene rings is 1. The zero-order valence-electron chi connectivity index (χ0n) is 24.9. The van der Waals surface area contributed by atoms with Crippen LogP contribution >= 0.6 is 11.8 Å². The molecule has 0 unspecified atom stereocenters. The molecule has 5 nitrogen and oxygen atoms in total. The molecule has 0 spiro atoms. The van der Waals surface area contributed by atoms with E-state index >= 15 is 0 Å². The van der Waals surface area contributed by atoms with Crippen molar-refractivity contribution in [3.05, 3.63) is 46.0 Å². The van der Waals surface area contributed by atoms with Crippen LogP contribution in [0.4, 0.5) is 10.5 Å². The molecule has 0 radical (unpaired) electrons. The van der Waals surface area contributed by atoms with Crippen LogP contribution in [0.3, 0.4) is 0 Å². The van der Waals surface area contributed by atoms with Gasteiger partial charge >= 0.3 is 5.30 Å². The highest BCUT2D eigenvalue weighted by molar-refractivity contribution is 8.13. The van der Waals surface area contributed by atoms with Gasteiger partial charge in [0.2, 0.25) is 0 Å². The second-order valence-electron chi connectivity index (χ2n) is 13.7. The third-order valence-corrected chi connectivity index (χ3v) is 12.7. The van der Waals surface area contributed by atoms with E-state index in [-0.39, 0.29) is 21.7 Å². The quantitative estimate of drug-likeness (QED) is 0.0924. The largest absolute Gasteiger partial charge is 0.418 e. The summed E-state index contributed by atoms with van der Waals surface area (Å²) in [6.07, 6.45) is 22.5. The zero-order chi connectivity index (χ0) is 28.3. The highest BCUT2D eigenvalue weighted by Crippen LogP contribution is 2.67. The standard InChI is InChI=1S/C34H49NO4S/c1-4-5-6-7-8-9-10-24-12-18-30-29-17-11-25-23-28(19-21-34(25,3)31(29)20-22-33(24,30)2)40-32(36)39-27-15-13-26(14-16-27)35(37)38/h11,13-16,24,28-31H,4-10,12,17-23H2,1-3H3/t24-,28+,29-,30-,31+,33-,34+/m1/s1. The van der Waals surface area contributed by atoms with E-state index < -0.39 is 4.92 Å². The topological polar surface area (TPSA) is 69.4 Å². The molecule has 220 valence electrons. The number of nitrogens with zero attached hydrogens (tertiary/aromatic N) is 1. The molecule has 6 heteroatoms. The van der Waals surface area contributed by atoms with Crippen molar-refractivity contribution < 1.29 is 14.5 Å². The average molecular weight is 568 g/mol. The van der Waals surface area contributed by atoms with Crippen molar-refractivity contribution in [3.8, 4) is 5.75 Å². The van der Waals surface area contributed by atoms with Crippen LogP contribution in [0.5, 0.6) is 5.75 Å². The van der Waals surface area contributed by atoms with Crippen molar-refractivity contribution in [3.63, 3.8) is 0 Å². The summed E-state index contributed by atoms with van der Waals surface area (Å²) in [5.74, 6) is 3.79. The van der Waals surface area contributed by atoms with Crippen LogP contribution in [0.2, 0.25) is 0 Å². The van der Waals surface area contributed by atoms with Gasteiger partial charge in [0.25, 0.3) is 5.69 Å². The molecule has 7 atom stereocenters. The molecule has 1 aromatic carbocycles. The van der Waals surface area contributed by atoms with Crippen molar-refractivity contribution >= 4 is 22.8 Å². The number of hydrogen-bond donors (Lipinski definition) is 0. The number of non-ortho nitro benzene ring substituents is 1. The summed E-state index contributed by atoms with van der Waals surface area (Å²) in [7, 11) is 0. The smallest absolute Gasteiger partial charge is 0.372 e. The fourth-order valence-electron chi connectivity index (χ4n) is 9.37. The molecule has 3 saturated carbocycles. The van der Waals surface area contributed by atoms with Gasteiger partial charge in [-0.15, -0.1) is 0 Å². The maximum atomic E-state index is 12.7. The summed E-state index contributed by atoms with van der Waals surface area (Å²) in [4.78, 5) is 23.1. The van der Waals surface area contributed by atoms with Crippen molar-refractivity contribution in [1.29, 1.82) is 0 Å². The van der Waals surface area contributed by atoms with Crippen LogP contribution in [0, 0.1) is 44.6 Å². The van der Waals surface area contributed by atoms with E-state index in [9.17, 15) is 14.9 Å². The molecular weight excluding hydrogens is 518 g/mol. The normalized spacial score (nSPS) is 34.8. The number of thioether (sulfide) groups is 1. The molecule has 0 heterocycles. The predicted octanol–water partition coefficient (Wildman–Crippen LogP) is 10.5. The minimum atomic E-state index is -0.448. The molecule has 4 aliphatic carbocycles. The van der Waals surface area contributed by atoms with E-state index in [0.717, 1.165) is 42.9 Å². The Balaban J connectivity index is 1.16. The van der Waals surface area contributed by atoms with Gasteiger partial charge in [-0.05, 0) is 116 Å².